The van der Waals surface area contributed by atoms with Gasteiger partial charge in [-0.2, -0.15) is 0 Å². The second-order valence-corrected chi connectivity index (χ2v) is 6.00. The van der Waals surface area contributed by atoms with Crippen LogP contribution in [0, 0.1) is 0 Å². The molecular weight excluding hydrogens is 371 g/mol. The Morgan fingerprint density at radius 3 is 2.71 bits per heavy atom. The fourth-order valence-corrected chi connectivity index (χ4v) is 2.69. The molecule has 0 fully saturated rings. The van der Waals surface area contributed by atoms with Gasteiger partial charge in [-0.25, -0.2) is 0 Å². The molecule has 0 saturated heterocycles. The van der Waals surface area contributed by atoms with Crippen LogP contribution in [0.3, 0.4) is 0 Å². The van der Waals surface area contributed by atoms with Crippen LogP contribution in [-0.4, -0.2) is 18.0 Å². The third-order valence-electron chi connectivity index (χ3n) is 2.53. The zero-order valence-corrected chi connectivity index (χ0v) is 12.9. The number of halogens is 4. The van der Waals surface area contributed by atoms with Crippen LogP contribution in [0.4, 0.5) is 18.9 Å². The molecule has 0 amide bonds. The first kappa shape index (κ1) is 16.1. The van der Waals surface area contributed by atoms with E-state index < -0.39 is 12.5 Å². The second kappa shape index (κ2) is 6.67. The van der Waals surface area contributed by atoms with Crippen LogP contribution in [0.2, 0.25) is 0 Å². The van der Waals surface area contributed by atoms with E-state index in [1.165, 1.54) is 23.5 Å². The highest BCUT2D eigenvalue weighted by Crippen LogP contribution is 2.33. The Kier molecular flexibility index (Phi) is 5.13. The van der Waals surface area contributed by atoms with Crippen molar-refractivity contribution in [1.82, 2.24) is 0 Å². The summed E-state index contributed by atoms with van der Waals surface area (Å²) in [6.07, 6.45) is -5.57. The average molecular weight is 382 g/mol. The summed E-state index contributed by atoms with van der Waals surface area (Å²) in [4.78, 5) is 0.734. The summed E-state index contributed by atoms with van der Waals surface area (Å²) in [7, 11) is 0. The molecule has 0 bridgehead atoms. The first-order chi connectivity index (χ1) is 9.85. The molecule has 1 unspecified atom stereocenters. The molecule has 114 valence electrons. The first-order valence-corrected chi connectivity index (χ1v) is 7.53. The normalized spacial score (nSPS) is 13.0. The fourth-order valence-electron chi connectivity index (χ4n) is 1.64. The molecule has 0 aliphatic carbocycles. The predicted octanol–water partition coefficient (Wildman–Crippen LogP) is 4.55. The number of aliphatic hydroxyl groups is 1. The number of anilines is 1. The largest absolute Gasteiger partial charge is 0.573 e. The quantitative estimate of drug-likeness (QED) is 0.797. The van der Waals surface area contributed by atoms with Crippen molar-refractivity contribution in [3.63, 3.8) is 0 Å². The van der Waals surface area contributed by atoms with Gasteiger partial charge in [-0.15, -0.1) is 24.5 Å². The molecule has 1 atom stereocenters. The molecule has 1 aromatic carbocycles. The molecule has 0 spiro atoms. The fraction of sp³-hybridized carbons (Fsp3) is 0.231. The third kappa shape index (κ3) is 4.90. The van der Waals surface area contributed by atoms with E-state index in [1.54, 1.807) is 18.2 Å². The summed E-state index contributed by atoms with van der Waals surface area (Å²) in [6.45, 7) is 0.0797. The monoisotopic (exact) mass is 381 g/mol. The number of thiophene rings is 1. The zero-order valence-electron chi connectivity index (χ0n) is 10.5. The topological polar surface area (TPSA) is 41.5 Å². The average Bonchev–Trinajstić information content (AvgIpc) is 2.89. The predicted molar refractivity (Wildman–Crippen MR) is 78.6 cm³/mol. The second-order valence-electron chi connectivity index (χ2n) is 4.10. The van der Waals surface area contributed by atoms with Gasteiger partial charge < -0.3 is 15.2 Å². The van der Waals surface area contributed by atoms with Crippen LogP contribution >= 0.6 is 27.3 Å². The molecule has 0 aliphatic heterocycles. The number of nitrogens with one attached hydrogen (secondary N) is 1. The lowest BCUT2D eigenvalue weighted by atomic mass is 10.2. The Labute approximate surface area is 131 Å². The van der Waals surface area contributed by atoms with Gasteiger partial charge in [-0.3, -0.25) is 0 Å². The van der Waals surface area contributed by atoms with Crippen LogP contribution in [0.15, 0.2) is 40.2 Å². The van der Waals surface area contributed by atoms with Gasteiger partial charge in [0.1, 0.15) is 6.10 Å². The lowest BCUT2D eigenvalue weighted by molar-refractivity contribution is -0.274. The van der Waals surface area contributed by atoms with Gasteiger partial charge in [0.25, 0.3) is 0 Å². The van der Waals surface area contributed by atoms with E-state index in [2.05, 4.69) is 26.0 Å². The van der Waals surface area contributed by atoms with Gasteiger partial charge >= 0.3 is 6.36 Å². The Morgan fingerprint density at radius 1 is 1.33 bits per heavy atom. The molecule has 3 nitrogen and oxygen atoms in total. The Morgan fingerprint density at radius 2 is 2.10 bits per heavy atom. The highest BCUT2D eigenvalue weighted by Gasteiger charge is 2.32. The number of benzene rings is 1. The summed E-state index contributed by atoms with van der Waals surface area (Å²) >= 11 is 4.47. The van der Waals surface area contributed by atoms with Crippen molar-refractivity contribution in [3.8, 4) is 5.75 Å². The smallest absolute Gasteiger partial charge is 0.404 e. The van der Waals surface area contributed by atoms with Crippen molar-refractivity contribution in [2.45, 2.75) is 12.5 Å². The van der Waals surface area contributed by atoms with E-state index in [-0.39, 0.29) is 18.0 Å². The van der Waals surface area contributed by atoms with Crippen molar-refractivity contribution in [2.75, 3.05) is 11.9 Å². The van der Waals surface area contributed by atoms with Gasteiger partial charge in [0, 0.05) is 15.9 Å². The minimum Gasteiger partial charge on any atom is -0.404 e. The number of hydrogen-bond acceptors (Lipinski definition) is 4. The van der Waals surface area contributed by atoms with E-state index in [0.29, 0.717) is 4.47 Å². The highest BCUT2D eigenvalue weighted by molar-refractivity contribution is 9.10. The molecule has 0 aliphatic rings. The third-order valence-corrected chi connectivity index (χ3v) is 3.99. The summed E-state index contributed by atoms with van der Waals surface area (Å²) in [6, 6.07) is 7.80. The van der Waals surface area contributed by atoms with E-state index in [0.717, 1.165) is 4.88 Å². The van der Waals surface area contributed by atoms with Gasteiger partial charge in [0.05, 0.1) is 5.69 Å². The van der Waals surface area contributed by atoms with Crippen LogP contribution in [0.5, 0.6) is 5.75 Å². The zero-order chi connectivity index (χ0) is 15.5. The standard InChI is InChI=1S/C13H11BrF3NO2S/c14-8-3-4-9(11(6-8)20-13(15,16)17)18-7-10(19)12-2-1-5-21-12/h1-6,10,18-19H,7H2. The molecule has 8 heteroatoms. The van der Waals surface area contributed by atoms with Crippen LogP contribution < -0.4 is 10.1 Å². The van der Waals surface area contributed by atoms with Crippen molar-refractivity contribution < 1.29 is 23.0 Å². The summed E-state index contributed by atoms with van der Waals surface area (Å²) < 4.78 is 41.5. The molecule has 2 aromatic rings. The molecule has 0 saturated carbocycles. The number of aliphatic hydroxyl groups excluding tert-OH is 1. The van der Waals surface area contributed by atoms with E-state index in [9.17, 15) is 18.3 Å². The number of rotatable bonds is 5. The Balaban J connectivity index is 2.08. The highest BCUT2D eigenvalue weighted by atomic mass is 79.9. The van der Waals surface area contributed by atoms with Gasteiger partial charge in [-0.1, -0.05) is 22.0 Å². The maximum Gasteiger partial charge on any atom is 0.573 e. The Hall–Kier alpha value is -1.25. The molecule has 1 aromatic heterocycles. The molecule has 2 N–H and O–H groups in total. The molecule has 0 radical (unpaired) electrons. The first-order valence-electron chi connectivity index (χ1n) is 5.86. The van der Waals surface area contributed by atoms with E-state index >= 15 is 0 Å². The number of alkyl halides is 3. The minimum absolute atomic E-state index is 0.0797. The SMILES string of the molecule is OC(CNc1ccc(Br)cc1OC(F)(F)F)c1cccs1. The molecule has 2 rings (SSSR count). The summed E-state index contributed by atoms with van der Waals surface area (Å²) in [5.41, 5.74) is 0.158. The van der Waals surface area contributed by atoms with Crippen molar-refractivity contribution in [1.29, 1.82) is 0 Å². The van der Waals surface area contributed by atoms with Crippen molar-refractivity contribution in [3.05, 3.63) is 45.1 Å². The molecule has 1 heterocycles. The van der Waals surface area contributed by atoms with Crippen molar-refractivity contribution in [2.24, 2.45) is 0 Å². The summed E-state index contributed by atoms with van der Waals surface area (Å²) in [5, 5.41) is 14.5. The lowest BCUT2D eigenvalue weighted by Gasteiger charge is -2.16. The van der Waals surface area contributed by atoms with Crippen LogP contribution in [-0.2, 0) is 0 Å². The van der Waals surface area contributed by atoms with Crippen LogP contribution in [0.1, 0.15) is 11.0 Å². The lowest BCUT2D eigenvalue weighted by Crippen LogP contribution is -2.19. The van der Waals surface area contributed by atoms with Gasteiger partial charge in [-0.05, 0) is 29.6 Å². The maximum atomic E-state index is 12.4. The maximum absolute atomic E-state index is 12.4. The Bertz CT molecular complexity index is 590. The minimum atomic E-state index is -4.77. The number of hydrogen-bond donors (Lipinski definition) is 2. The van der Waals surface area contributed by atoms with Crippen LogP contribution in [0.25, 0.3) is 0 Å². The van der Waals surface area contributed by atoms with Crippen molar-refractivity contribution >= 4 is 33.0 Å². The molecular formula is C13H11BrF3NO2S. The van der Waals surface area contributed by atoms with E-state index in [4.69, 9.17) is 0 Å². The number of ether oxygens (including phenoxy) is 1. The van der Waals surface area contributed by atoms with Gasteiger partial charge in [0.15, 0.2) is 5.75 Å². The van der Waals surface area contributed by atoms with Gasteiger partial charge in [0.2, 0.25) is 0 Å². The summed E-state index contributed by atoms with van der Waals surface area (Å²) in [5.74, 6) is -0.352. The van der Waals surface area contributed by atoms with E-state index in [1.807, 2.05) is 5.38 Å². The molecule has 21 heavy (non-hydrogen) atoms.